The van der Waals surface area contributed by atoms with Crippen LogP contribution in [-0.4, -0.2) is 11.1 Å². The third-order valence-corrected chi connectivity index (χ3v) is 8.03. The molecule has 0 fully saturated rings. The van der Waals surface area contributed by atoms with Gasteiger partial charge < -0.3 is 9.84 Å². The van der Waals surface area contributed by atoms with Crippen LogP contribution in [0, 0.1) is 0 Å². The molecule has 1 heterocycles. The zero-order valence-corrected chi connectivity index (χ0v) is 24.2. The molecular weight excluding hydrogens is 456 g/mol. The van der Waals surface area contributed by atoms with Crippen LogP contribution in [-0.2, 0) is 38.5 Å². The van der Waals surface area contributed by atoms with Gasteiger partial charge in [0.25, 0.3) is 0 Å². The maximum absolute atomic E-state index is 12.8. The van der Waals surface area contributed by atoms with Crippen molar-refractivity contribution in [1.82, 2.24) is 0 Å². The highest BCUT2D eigenvalue weighted by Gasteiger charge is 2.32. The number of unbranched alkanes of at least 4 members (excludes halogenated alkanes) is 5. The summed E-state index contributed by atoms with van der Waals surface area (Å²) in [5.41, 5.74) is 9.05. The fraction of sp³-hybridized carbons (Fsp3) is 0.618. The molecule has 3 heteroatoms. The Morgan fingerprint density at radius 3 is 1.76 bits per heavy atom. The molecule has 0 aromatic heterocycles. The second kappa shape index (κ2) is 14.6. The summed E-state index contributed by atoms with van der Waals surface area (Å²) in [6.07, 6.45) is 16.7. The molecule has 0 amide bonds. The summed E-state index contributed by atoms with van der Waals surface area (Å²) in [5.74, 6) is 1.13. The van der Waals surface area contributed by atoms with E-state index in [-0.39, 0.29) is 0 Å². The molecule has 0 atom stereocenters. The first-order valence-electron chi connectivity index (χ1n) is 15.3. The first-order valence-corrected chi connectivity index (χ1v) is 15.3. The van der Waals surface area contributed by atoms with E-state index in [4.69, 9.17) is 4.74 Å². The van der Waals surface area contributed by atoms with Crippen LogP contribution in [0.1, 0.15) is 148 Å². The van der Waals surface area contributed by atoms with Crippen LogP contribution in [0.2, 0.25) is 0 Å². The van der Waals surface area contributed by atoms with E-state index >= 15 is 0 Å². The number of aryl methyl sites for hydroxylation is 1. The molecule has 1 N–H and O–H groups in total. The van der Waals surface area contributed by atoms with E-state index in [9.17, 15) is 9.90 Å². The van der Waals surface area contributed by atoms with Gasteiger partial charge in [0, 0.05) is 12.0 Å². The number of ether oxygens (including phenoxy) is 1. The largest absolute Gasteiger partial charge is 0.478 e. The molecule has 3 nitrogen and oxygen atoms in total. The minimum Gasteiger partial charge on any atom is -0.478 e. The van der Waals surface area contributed by atoms with E-state index < -0.39 is 5.97 Å². The summed E-state index contributed by atoms with van der Waals surface area (Å²) in [6.45, 7) is 11.1. The fourth-order valence-corrected chi connectivity index (χ4v) is 5.91. The number of carbonyl (C=O) groups is 1. The second-order valence-corrected chi connectivity index (χ2v) is 10.9. The number of carboxylic acid groups (broad SMARTS) is 1. The maximum atomic E-state index is 12.8. The van der Waals surface area contributed by atoms with E-state index in [2.05, 4.69) is 46.8 Å². The van der Waals surface area contributed by atoms with E-state index in [1.807, 2.05) is 0 Å². The van der Waals surface area contributed by atoms with Crippen molar-refractivity contribution in [2.75, 3.05) is 0 Å². The van der Waals surface area contributed by atoms with Gasteiger partial charge in [-0.15, -0.1) is 0 Å². The second-order valence-electron chi connectivity index (χ2n) is 10.9. The summed E-state index contributed by atoms with van der Waals surface area (Å²) < 4.78 is 6.96. The molecule has 0 saturated heterocycles. The molecule has 204 valence electrons. The smallest absolute Gasteiger partial charge is 0.336 e. The van der Waals surface area contributed by atoms with Gasteiger partial charge in [-0.3, -0.25) is 0 Å². The quantitative estimate of drug-likeness (QED) is 0.210. The normalized spacial score (nSPS) is 12.2. The Kier molecular flexibility index (Phi) is 11.5. The number of rotatable bonds is 16. The van der Waals surface area contributed by atoms with Gasteiger partial charge in [0.1, 0.15) is 11.5 Å². The summed E-state index contributed by atoms with van der Waals surface area (Å²) in [7, 11) is 0. The third kappa shape index (κ3) is 6.78. The van der Waals surface area contributed by atoms with Crippen molar-refractivity contribution in [3.05, 3.63) is 56.6 Å². The predicted molar refractivity (Wildman–Crippen MR) is 156 cm³/mol. The Bertz CT molecular complexity index is 1050. The van der Waals surface area contributed by atoms with Gasteiger partial charge >= 0.3 is 5.97 Å². The average Bonchev–Trinajstić information content (AvgIpc) is 2.90. The van der Waals surface area contributed by atoms with Gasteiger partial charge in [0.05, 0.1) is 5.56 Å². The van der Waals surface area contributed by atoms with E-state index in [1.165, 1.54) is 35.1 Å². The van der Waals surface area contributed by atoms with Gasteiger partial charge in [-0.1, -0.05) is 78.9 Å². The van der Waals surface area contributed by atoms with Crippen LogP contribution >= 0.6 is 0 Å². The highest BCUT2D eigenvalue weighted by molar-refractivity contribution is 5.94. The Morgan fingerprint density at radius 1 is 0.676 bits per heavy atom. The van der Waals surface area contributed by atoms with Gasteiger partial charge in [-0.25, -0.2) is 4.79 Å². The van der Waals surface area contributed by atoms with Crippen LogP contribution in [0.15, 0.2) is 12.1 Å². The van der Waals surface area contributed by atoms with Crippen molar-refractivity contribution in [3.63, 3.8) is 0 Å². The van der Waals surface area contributed by atoms with Gasteiger partial charge in [0.2, 0.25) is 0 Å². The number of aromatic carboxylic acids is 1. The maximum Gasteiger partial charge on any atom is 0.336 e. The fourth-order valence-electron chi connectivity index (χ4n) is 5.91. The topological polar surface area (TPSA) is 46.5 Å². The SMILES string of the molecule is CCCCc1ccc2c(c1CCCC)Oc1c(CCCC)c(CCCC)c(CCCC)c(C(=O)O)c1C2. The van der Waals surface area contributed by atoms with Crippen LogP contribution < -0.4 is 4.74 Å². The van der Waals surface area contributed by atoms with Crippen molar-refractivity contribution in [3.8, 4) is 11.5 Å². The average molecular weight is 507 g/mol. The summed E-state index contributed by atoms with van der Waals surface area (Å²) in [5, 5.41) is 10.5. The lowest BCUT2D eigenvalue weighted by atomic mass is 9.80. The van der Waals surface area contributed by atoms with Crippen LogP contribution in [0.5, 0.6) is 11.5 Å². The van der Waals surface area contributed by atoms with Crippen LogP contribution in [0.4, 0.5) is 0 Å². The highest BCUT2D eigenvalue weighted by atomic mass is 16.5. The zero-order chi connectivity index (χ0) is 26.8. The van der Waals surface area contributed by atoms with Crippen molar-refractivity contribution in [2.24, 2.45) is 0 Å². The van der Waals surface area contributed by atoms with E-state index in [1.54, 1.807) is 0 Å². The van der Waals surface area contributed by atoms with Crippen molar-refractivity contribution in [2.45, 2.75) is 137 Å². The highest BCUT2D eigenvalue weighted by Crippen LogP contribution is 2.47. The Labute approximate surface area is 226 Å². The Hall–Kier alpha value is -2.29. The number of fused-ring (bicyclic) bond motifs is 2. The molecule has 0 radical (unpaired) electrons. The van der Waals surface area contributed by atoms with Gasteiger partial charge in [-0.05, 0) is 97.6 Å². The molecule has 1 aliphatic rings. The molecule has 0 bridgehead atoms. The monoisotopic (exact) mass is 506 g/mol. The molecule has 2 aromatic carbocycles. The molecule has 0 spiro atoms. The number of hydrogen-bond acceptors (Lipinski definition) is 2. The Balaban J connectivity index is 2.26. The molecule has 0 aliphatic carbocycles. The van der Waals surface area contributed by atoms with Crippen molar-refractivity contribution < 1.29 is 14.6 Å². The Morgan fingerprint density at radius 2 is 1.19 bits per heavy atom. The summed E-state index contributed by atoms with van der Waals surface area (Å²) >= 11 is 0. The predicted octanol–water partition coefficient (Wildman–Crippen LogP) is 9.79. The first kappa shape index (κ1) is 29.3. The minimum atomic E-state index is -0.792. The van der Waals surface area contributed by atoms with Gasteiger partial charge in [0.15, 0.2) is 0 Å². The molecule has 0 saturated carbocycles. The summed E-state index contributed by atoms with van der Waals surface area (Å²) in [4.78, 5) is 12.8. The van der Waals surface area contributed by atoms with Crippen molar-refractivity contribution in [1.29, 1.82) is 0 Å². The molecule has 2 aromatic rings. The lowest BCUT2D eigenvalue weighted by molar-refractivity contribution is 0.0693. The number of benzene rings is 2. The third-order valence-electron chi connectivity index (χ3n) is 8.03. The zero-order valence-electron chi connectivity index (χ0n) is 24.2. The molecule has 1 aliphatic heterocycles. The van der Waals surface area contributed by atoms with Crippen LogP contribution in [0.25, 0.3) is 0 Å². The number of hydrogen-bond donors (Lipinski definition) is 1. The summed E-state index contributed by atoms with van der Waals surface area (Å²) in [6, 6.07) is 4.51. The van der Waals surface area contributed by atoms with Gasteiger partial charge in [-0.2, -0.15) is 0 Å². The number of carboxylic acids is 1. The van der Waals surface area contributed by atoms with E-state index in [0.29, 0.717) is 12.0 Å². The van der Waals surface area contributed by atoms with Crippen LogP contribution in [0.3, 0.4) is 0 Å². The van der Waals surface area contributed by atoms with E-state index in [0.717, 1.165) is 112 Å². The lowest BCUT2D eigenvalue weighted by Crippen LogP contribution is -2.19. The standard InChI is InChI=1S/C34H50O3/c1-6-11-16-24-21-22-25-23-30-31(34(35)36)28(19-14-9-4)27(18-13-8-3)29(20-15-10-5)33(30)37-32(25)26(24)17-12-7-2/h21-22H,6-20,23H2,1-5H3,(H,35,36). The molecule has 0 unspecified atom stereocenters. The minimum absolute atomic E-state index is 0.533. The molecule has 3 rings (SSSR count). The first-order chi connectivity index (χ1) is 18.0. The van der Waals surface area contributed by atoms with Crippen molar-refractivity contribution >= 4 is 5.97 Å². The lowest BCUT2D eigenvalue weighted by Gasteiger charge is -2.31. The molecule has 37 heavy (non-hydrogen) atoms. The molecular formula is C34H50O3.